The summed E-state index contributed by atoms with van der Waals surface area (Å²) < 4.78 is 63.5. The molecule has 0 amide bonds. The Hall–Kier alpha value is -0.990. The van der Waals surface area contributed by atoms with Gasteiger partial charge in [-0.1, -0.05) is 11.6 Å². The van der Waals surface area contributed by atoms with E-state index in [1.807, 2.05) is 0 Å². The Morgan fingerprint density at radius 1 is 1.30 bits per heavy atom. The van der Waals surface area contributed by atoms with Crippen LogP contribution in [0.3, 0.4) is 0 Å². The molecule has 4 nitrogen and oxygen atoms in total. The van der Waals surface area contributed by atoms with Crippen LogP contribution in [0.25, 0.3) is 0 Å². The predicted molar refractivity (Wildman–Crippen MR) is 69.4 cm³/mol. The molecule has 0 heterocycles. The van der Waals surface area contributed by atoms with Gasteiger partial charge < -0.3 is 10.5 Å². The van der Waals surface area contributed by atoms with Crippen molar-refractivity contribution in [1.82, 2.24) is 0 Å². The number of hydrogen-bond acceptors (Lipinski definition) is 4. The van der Waals surface area contributed by atoms with Gasteiger partial charge in [0.15, 0.2) is 9.84 Å². The first-order chi connectivity index (χ1) is 9.12. The van der Waals surface area contributed by atoms with Gasteiger partial charge in [-0.05, 0) is 24.6 Å². The molecule has 0 aromatic heterocycles. The lowest BCUT2D eigenvalue weighted by molar-refractivity contribution is -0.173. The minimum atomic E-state index is -4.41. The number of alkyl halides is 3. The van der Waals surface area contributed by atoms with Crippen LogP contribution < -0.4 is 5.73 Å². The first-order valence-corrected chi connectivity index (χ1v) is 7.57. The molecule has 0 aliphatic rings. The maximum absolute atomic E-state index is 11.9. The Morgan fingerprint density at radius 3 is 2.50 bits per heavy atom. The van der Waals surface area contributed by atoms with Crippen molar-refractivity contribution in [1.29, 1.82) is 0 Å². The third-order valence-electron chi connectivity index (χ3n) is 2.30. The van der Waals surface area contributed by atoms with E-state index in [-0.39, 0.29) is 34.4 Å². The Labute approximate surface area is 119 Å². The van der Waals surface area contributed by atoms with Gasteiger partial charge in [0.1, 0.15) is 6.61 Å². The summed E-state index contributed by atoms with van der Waals surface area (Å²) >= 11 is 5.71. The molecule has 1 aromatic carbocycles. The van der Waals surface area contributed by atoms with Crippen molar-refractivity contribution in [3.05, 3.63) is 23.2 Å². The van der Waals surface area contributed by atoms with Crippen LogP contribution >= 0.6 is 11.6 Å². The first kappa shape index (κ1) is 17.1. The molecule has 0 atom stereocenters. The number of ether oxygens (including phenoxy) is 1. The highest BCUT2D eigenvalue weighted by Crippen LogP contribution is 2.23. The molecule has 114 valence electrons. The topological polar surface area (TPSA) is 69.4 Å². The number of anilines is 1. The van der Waals surface area contributed by atoms with E-state index >= 15 is 0 Å². The molecule has 1 aromatic rings. The zero-order chi connectivity index (χ0) is 15.4. The van der Waals surface area contributed by atoms with Crippen LogP contribution in [0, 0.1) is 0 Å². The molecule has 20 heavy (non-hydrogen) atoms. The van der Waals surface area contributed by atoms with Gasteiger partial charge in [0.2, 0.25) is 0 Å². The lowest BCUT2D eigenvalue weighted by Crippen LogP contribution is -2.18. The van der Waals surface area contributed by atoms with Crippen molar-refractivity contribution in [3.8, 4) is 0 Å². The van der Waals surface area contributed by atoms with E-state index in [2.05, 4.69) is 4.74 Å². The number of halogens is 4. The quantitative estimate of drug-likeness (QED) is 0.642. The lowest BCUT2D eigenvalue weighted by Gasteiger charge is -2.08. The minimum absolute atomic E-state index is 0.0208. The average molecular weight is 332 g/mol. The fourth-order valence-electron chi connectivity index (χ4n) is 1.36. The van der Waals surface area contributed by atoms with Crippen molar-refractivity contribution in [2.75, 3.05) is 24.7 Å². The van der Waals surface area contributed by atoms with Crippen molar-refractivity contribution in [2.45, 2.75) is 17.5 Å². The molecular weight excluding hydrogens is 319 g/mol. The second kappa shape index (κ2) is 6.64. The summed E-state index contributed by atoms with van der Waals surface area (Å²) in [5.74, 6) is -0.328. The van der Waals surface area contributed by atoms with E-state index in [0.29, 0.717) is 0 Å². The molecule has 0 fully saturated rings. The molecule has 0 saturated carbocycles. The summed E-state index contributed by atoms with van der Waals surface area (Å²) in [4.78, 5) is -0.0208. The van der Waals surface area contributed by atoms with Gasteiger partial charge in [0.25, 0.3) is 0 Å². The number of hydrogen-bond donors (Lipinski definition) is 1. The van der Waals surface area contributed by atoms with Crippen LogP contribution in [-0.4, -0.2) is 33.6 Å². The van der Waals surface area contributed by atoms with Gasteiger partial charge in [0.05, 0.1) is 21.4 Å². The smallest absolute Gasteiger partial charge is 0.398 e. The van der Waals surface area contributed by atoms with Crippen LogP contribution in [0.1, 0.15) is 6.42 Å². The minimum Gasteiger partial charge on any atom is -0.398 e. The molecule has 0 unspecified atom stereocenters. The molecule has 0 aliphatic heterocycles. The molecule has 0 bridgehead atoms. The third-order valence-corrected chi connectivity index (χ3v) is 4.42. The summed E-state index contributed by atoms with van der Waals surface area (Å²) in [5, 5.41) is 0.111. The zero-order valence-electron chi connectivity index (χ0n) is 10.3. The first-order valence-electron chi connectivity index (χ1n) is 5.54. The van der Waals surface area contributed by atoms with E-state index in [1.54, 1.807) is 0 Å². The van der Waals surface area contributed by atoms with Crippen LogP contribution in [0.4, 0.5) is 18.9 Å². The van der Waals surface area contributed by atoms with Gasteiger partial charge >= 0.3 is 6.18 Å². The third kappa shape index (κ3) is 5.56. The van der Waals surface area contributed by atoms with Gasteiger partial charge in [-0.3, -0.25) is 0 Å². The number of benzene rings is 1. The Bertz CT molecular complexity index is 561. The van der Waals surface area contributed by atoms with Crippen molar-refractivity contribution >= 4 is 27.1 Å². The van der Waals surface area contributed by atoms with Crippen LogP contribution in [-0.2, 0) is 14.6 Å². The lowest BCUT2D eigenvalue weighted by atomic mass is 10.3. The Morgan fingerprint density at radius 2 is 1.95 bits per heavy atom. The van der Waals surface area contributed by atoms with E-state index in [0.717, 1.165) is 0 Å². The van der Waals surface area contributed by atoms with Crippen molar-refractivity contribution in [3.63, 3.8) is 0 Å². The highest BCUT2D eigenvalue weighted by Gasteiger charge is 2.27. The maximum atomic E-state index is 11.9. The predicted octanol–water partition coefficient (Wildman–Crippen LogP) is 2.66. The largest absolute Gasteiger partial charge is 0.411 e. The Balaban J connectivity index is 2.52. The molecule has 0 saturated heterocycles. The molecule has 0 radical (unpaired) electrons. The number of sulfone groups is 1. The number of nitrogens with two attached hydrogens (primary N) is 1. The molecule has 0 spiro atoms. The molecule has 9 heteroatoms. The summed E-state index contributed by atoms with van der Waals surface area (Å²) in [6, 6.07) is 3.87. The number of nitrogen functional groups attached to an aromatic ring is 1. The second-order valence-corrected chi connectivity index (χ2v) is 6.54. The fourth-order valence-corrected chi connectivity index (χ4v) is 2.91. The monoisotopic (exact) mass is 331 g/mol. The van der Waals surface area contributed by atoms with Gasteiger partial charge in [-0.15, -0.1) is 0 Å². The zero-order valence-corrected chi connectivity index (χ0v) is 11.9. The summed E-state index contributed by atoms with van der Waals surface area (Å²) in [7, 11) is -3.62. The van der Waals surface area contributed by atoms with Gasteiger partial charge in [-0.2, -0.15) is 13.2 Å². The van der Waals surface area contributed by atoms with Crippen molar-refractivity contribution in [2.24, 2.45) is 0 Å². The van der Waals surface area contributed by atoms with Gasteiger partial charge in [0, 0.05) is 6.61 Å². The van der Waals surface area contributed by atoms with Crippen LogP contribution in [0.5, 0.6) is 0 Å². The highest BCUT2D eigenvalue weighted by molar-refractivity contribution is 7.91. The maximum Gasteiger partial charge on any atom is 0.411 e. The summed E-state index contributed by atoms with van der Waals surface area (Å²) in [6.45, 7) is -1.68. The van der Waals surface area contributed by atoms with E-state index in [9.17, 15) is 21.6 Å². The van der Waals surface area contributed by atoms with E-state index < -0.39 is 22.6 Å². The van der Waals surface area contributed by atoms with E-state index in [1.165, 1.54) is 18.2 Å². The molecule has 0 aliphatic carbocycles. The SMILES string of the molecule is Nc1ccc(S(=O)(=O)CCCOCC(F)(F)F)cc1Cl. The van der Waals surface area contributed by atoms with Crippen LogP contribution in [0.2, 0.25) is 5.02 Å². The molecule has 2 N–H and O–H groups in total. The number of rotatable bonds is 6. The van der Waals surface area contributed by atoms with Crippen LogP contribution in [0.15, 0.2) is 23.1 Å². The summed E-state index contributed by atoms with van der Waals surface area (Å²) in [6.07, 6.45) is -4.45. The van der Waals surface area contributed by atoms with Crippen molar-refractivity contribution < 1.29 is 26.3 Å². The normalized spacial score (nSPS) is 12.6. The fraction of sp³-hybridized carbons (Fsp3) is 0.455. The van der Waals surface area contributed by atoms with Gasteiger partial charge in [-0.25, -0.2) is 8.42 Å². The molecular formula is C11H13ClF3NO3S. The second-order valence-electron chi connectivity index (χ2n) is 4.02. The highest BCUT2D eigenvalue weighted by atomic mass is 35.5. The summed E-state index contributed by atoms with van der Waals surface area (Å²) in [5.41, 5.74) is 5.71. The average Bonchev–Trinajstić information content (AvgIpc) is 2.30. The molecule has 1 rings (SSSR count). The van der Waals surface area contributed by atoms with E-state index in [4.69, 9.17) is 17.3 Å². The standard InChI is InChI=1S/C11H13ClF3NO3S/c12-9-6-8(2-3-10(9)16)20(17,18)5-1-4-19-7-11(13,14)15/h2-3,6H,1,4-5,7,16H2. The Kier molecular flexibility index (Phi) is 5.67.